The molecule has 1 aliphatic carbocycles. The number of carbonyl (C=O) groups excluding carboxylic acids is 6. The van der Waals surface area contributed by atoms with Crippen molar-refractivity contribution in [1.82, 2.24) is 30.8 Å². The van der Waals surface area contributed by atoms with Gasteiger partial charge in [-0.15, -0.1) is 23.5 Å². The average molecular weight is 802 g/mol. The summed E-state index contributed by atoms with van der Waals surface area (Å²) in [4.78, 5) is 83.5. The van der Waals surface area contributed by atoms with Crippen molar-refractivity contribution in [3.63, 3.8) is 0 Å². The number of carbonyl (C=O) groups is 6. The highest BCUT2D eigenvalue weighted by atomic mass is 32.2. The molecule has 0 bridgehead atoms. The topological polar surface area (TPSA) is 214 Å². The highest BCUT2D eigenvalue weighted by Gasteiger charge is 2.41. The molecule has 1 atom stereocenters. The summed E-state index contributed by atoms with van der Waals surface area (Å²) in [7, 11) is 1.00. The minimum absolute atomic E-state index is 0.0399. The number of primary amides is 1. The van der Waals surface area contributed by atoms with Crippen LogP contribution in [-0.2, 0) is 24.0 Å². The van der Waals surface area contributed by atoms with Gasteiger partial charge in [0, 0.05) is 26.0 Å². The number of nitrogens with zero attached hydrogens (tertiary/aromatic N) is 3. The van der Waals surface area contributed by atoms with E-state index in [1.807, 2.05) is 48.5 Å². The number of ketones is 1. The first kappa shape index (κ1) is 55.1. The summed E-state index contributed by atoms with van der Waals surface area (Å²) in [6.45, 7) is 18.2. The van der Waals surface area contributed by atoms with Crippen LogP contribution in [0.1, 0.15) is 131 Å². The van der Waals surface area contributed by atoms with Crippen LogP contribution >= 0.6 is 23.5 Å². The van der Waals surface area contributed by atoms with Crippen molar-refractivity contribution in [3.05, 3.63) is 24.3 Å². The van der Waals surface area contributed by atoms with Crippen LogP contribution in [0, 0.1) is 5.41 Å². The van der Waals surface area contributed by atoms with E-state index in [-0.39, 0.29) is 22.9 Å². The van der Waals surface area contributed by atoms with Gasteiger partial charge >= 0.3 is 0 Å². The summed E-state index contributed by atoms with van der Waals surface area (Å²) in [5, 5.41) is 14.5. The molecule has 1 aromatic rings. The molecule has 2 heterocycles. The zero-order valence-electron chi connectivity index (χ0n) is 34.8. The van der Waals surface area contributed by atoms with E-state index < -0.39 is 59.9 Å². The van der Waals surface area contributed by atoms with Crippen LogP contribution in [0.3, 0.4) is 0 Å². The number of rotatable bonds is 13. The fraction of sp³-hybridized carbons (Fsp3) is 0.737. The quantitative estimate of drug-likeness (QED) is 0.172. The lowest BCUT2D eigenvalue weighted by atomic mass is 9.85. The summed E-state index contributed by atoms with van der Waals surface area (Å²) in [6, 6.07) is -1.04. The third-order valence-electron chi connectivity index (χ3n) is 7.48. The second-order valence-electron chi connectivity index (χ2n) is 12.3. The number of amides is 5. The van der Waals surface area contributed by atoms with E-state index in [9.17, 15) is 28.8 Å². The van der Waals surface area contributed by atoms with E-state index in [2.05, 4.69) is 25.9 Å². The second kappa shape index (κ2) is 33.1. The molecular weight excluding hydrogens is 731 g/mol. The van der Waals surface area contributed by atoms with Crippen molar-refractivity contribution in [2.75, 3.05) is 44.8 Å². The Morgan fingerprint density at radius 2 is 1.35 bits per heavy atom. The second-order valence-corrected chi connectivity index (χ2v) is 15.5. The summed E-state index contributed by atoms with van der Waals surface area (Å²) < 4.78 is -0.353. The van der Waals surface area contributed by atoms with Gasteiger partial charge in [-0.25, -0.2) is 4.98 Å². The molecular formula is C38H71N7O7S2. The van der Waals surface area contributed by atoms with E-state index in [4.69, 9.17) is 10.8 Å². The van der Waals surface area contributed by atoms with Crippen LogP contribution < -0.4 is 21.7 Å². The Hall–Kier alpha value is -3.24. The van der Waals surface area contributed by atoms with Crippen LogP contribution in [0.25, 0.3) is 0 Å². The SMILES string of the molecule is C1CCCCC1.CC.CC.CC.CCC1(CN(CC(=O)NCC(=O)C(N)=O)C(=O)C(NC(=O)CNC(=O)c2cnccn2)C(C)(C)C)SCCCS1.CO. The van der Waals surface area contributed by atoms with Crippen LogP contribution in [0.5, 0.6) is 0 Å². The van der Waals surface area contributed by atoms with Crippen molar-refractivity contribution in [2.45, 2.75) is 131 Å². The Kier molecular flexibility index (Phi) is 33.8. The van der Waals surface area contributed by atoms with Crippen molar-refractivity contribution < 1.29 is 33.9 Å². The molecule has 14 nitrogen and oxygen atoms in total. The lowest BCUT2D eigenvalue weighted by Crippen LogP contribution is -2.59. The van der Waals surface area contributed by atoms with Crippen LogP contribution in [0.15, 0.2) is 18.6 Å². The van der Waals surface area contributed by atoms with Gasteiger partial charge in [-0.2, -0.15) is 0 Å². The largest absolute Gasteiger partial charge is 0.400 e. The Balaban J connectivity index is -0.00000160. The van der Waals surface area contributed by atoms with Crippen molar-refractivity contribution >= 4 is 58.8 Å². The number of aromatic nitrogens is 2. The molecule has 0 spiro atoms. The smallest absolute Gasteiger partial charge is 0.286 e. The standard InChI is InChI=1S/C25H37N7O6S2.C6H12.3C2H6.CH4O/c1-5-25(39-9-6-10-40-25)15-32(14-19(35)29-12-17(33)21(26)36)23(38)20(24(2,3)4)31-18(34)13-30-22(37)16-11-27-7-8-28-16;1-2-4-6-5-3-1;4*1-2/h7-8,11,20H,5-6,9-10,12-15H2,1-4H3,(H2,26,36)(H,29,35)(H,30,37)(H,31,34);1-6H2;3*1-2H3;2H,1H3. The lowest BCUT2D eigenvalue weighted by Gasteiger charge is -2.41. The molecule has 0 radical (unpaired) electrons. The van der Waals surface area contributed by atoms with E-state index in [0.29, 0.717) is 0 Å². The molecule has 1 unspecified atom stereocenters. The van der Waals surface area contributed by atoms with Gasteiger partial charge in [-0.05, 0) is 29.8 Å². The highest BCUT2D eigenvalue weighted by molar-refractivity contribution is 8.18. The molecule has 2 aliphatic rings. The van der Waals surface area contributed by atoms with E-state index in [1.165, 1.54) is 62.0 Å². The van der Waals surface area contributed by atoms with Gasteiger partial charge in [0.05, 0.1) is 29.9 Å². The lowest BCUT2D eigenvalue weighted by molar-refractivity contribution is -0.142. The molecule has 1 aliphatic heterocycles. The first-order valence-electron chi connectivity index (χ1n) is 19.2. The third-order valence-corrected chi connectivity index (χ3v) is 11.1. The number of aliphatic hydroxyl groups excluding tert-OH is 1. The summed E-state index contributed by atoms with van der Waals surface area (Å²) in [5.41, 5.74) is 4.24. The van der Waals surface area contributed by atoms with Crippen LogP contribution in [0.2, 0.25) is 0 Å². The van der Waals surface area contributed by atoms with E-state index in [1.54, 1.807) is 44.3 Å². The zero-order chi connectivity index (χ0) is 42.2. The zero-order valence-corrected chi connectivity index (χ0v) is 36.5. The molecule has 16 heteroatoms. The van der Waals surface area contributed by atoms with Gasteiger partial charge in [0.1, 0.15) is 11.7 Å². The predicted molar refractivity (Wildman–Crippen MR) is 222 cm³/mol. The maximum atomic E-state index is 14.0. The molecule has 5 amide bonds. The minimum atomic E-state index is -1.17. The number of nitrogens with one attached hydrogen (secondary N) is 3. The summed E-state index contributed by atoms with van der Waals surface area (Å²) in [6.07, 6.45) is 14.8. The number of aliphatic hydroxyl groups is 1. The summed E-state index contributed by atoms with van der Waals surface area (Å²) in [5.74, 6) is -2.64. The van der Waals surface area contributed by atoms with Gasteiger partial charge in [0.15, 0.2) is 0 Å². The fourth-order valence-electron chi connectivity index (χ4n) is 4.79. The number of thioether (sulfide) groups is 2. The Morgan fingerprint density at radius 3 is 1.78 bits per heavy atom. The highest BCUT2D eigenvalue weighted by Crippen LogP contribution is 2.45. The van der Waals surface area contributed by atoms with Crippen molar-refractivity contribution in [3.8, 4) is 0 Å². The first-order chi connectivity index (χ1) is 25.8. The van der Waals surface area contributed by atoms with Crippen molar-refractivity contribution in [2.24, 2.45) is 11.1 Å². The average Bonchev–Trinajstić information content (AvgIpc) is 3.21. The van der Waals surface area contributed by atoms with E-state index in [0.717, 1.165) is 31.5 Å². The monoisotopic (exact) mass is 801 g/mol. The van der Waals surface area contributed by atoms with Crippen LogP contribution in [0.4, 0.5) is 0 Å². The Labute approximate surface area is 333 Å². The van der Waals surface area contributed by atoms with Gasteiger partial charge < -0.3 is 31.7 Å². The van der Waals surface area contributed by atoms with Crippen molar-refractivity contribution in [1.29, 1.82) is 0 Å². The molecule has 1 saturated heterocycles. The Morgan fingerprint density at radius 1 is 0.833 bits per heavy atom. The number of nitrogens with two attached hydrogens (primary N) is 1. The maximum Gasteiger partial charge on any atom is 0.286 e. The maximum absolute atomic E-state index is 14.0. The molecule has 1 aromatic heterocycles. The fourth-order valence-corrected chi connectivity index (χ4v) is 8.03. The number of Topliss-reactive ketones (excluding diaryl/α,β-unsaturated/α-hetero) is 1. The Bertz CT molecular complexity index is 1180. The molecule has 54 heavy (non-hydrogen) atoms. The molecule has 6 N–H and O–H groups in total. The summed E-state index contributed by atoms with van der Waals surface area (Å²) >= 11 is 3.45. The molecule has 0 aromatic carbocycles. The molecule has 312 valence electrons. The first-order valence-corrected chi connectivity index (χ1v) is 21.2. The molecule has 3 rings (SSSR count). The van der Waals surface area contributed by atoms with Crippen LogP contribution in [-0.4, -0.2) is 110 Å². The third kappa shape index (κ3) is 23.5. The van der Waals surface area contributed by atoms with Gasteiger partial charge in [0.25, 0.3) is 11.8 Å². The molecule has 2 fully saturated rings. The molecule has 1 saturated carbocycles. The van der Waals surface area contributed by atoms with Gasteiger partial charge in [0.2, 0.25) is 23.5 Å². The van der Waals surface area contributed by atoms with E-state index >= 15 is 0 Å². The number of hydrogen-bond acceptors (Lipinski definition) is 11. The van der Waals surface area contributed by atoms with Gasteiger partial charge in [-0.3, -0.25) is 33.8 Å². The van der Waals surface area contributed by atoms with Gasteiger partial charge in [-0.1, -0.05) is 108 Å². The number of hydrogen-bond donors (Lipinski definition) is 5. The normalized spacial score (nSPS) is 14.4. The minimum Gasteiger partial charge on any atom is -0.400 e. The predicted octanol–water partition coefficient (Wildman–Crippen LogP) is 4.74.